The van der Waals surface area contributed by atoms with Gasteiger partial charge in [-0.2, -0.15) is 8.42 Å². The van der Waals surface area contributed by atoms with Crippen molar-refractivity contribution in [3.05, 3.63) is 65.8 Å². The molecule has 1 heterocycles. The molecule has 1 unspecified atom stereocenters. The van der Waals surface area contributed by atoms with Gasteiger partial charge in [-0.15, -0.1) is 0 Å². The predicted molar refractivity (Wildman–Crippen MR) is 123 cm³/mol. The van der Waals surface area contributed by atoms with E-state index in [1.54, 1.807) is 37.4 Å². The molecule has 1 aromatic heterocycles. The zero-order valence-electron chi connectivity index (χ0n) is 18.4. The molecule has 2 N–H and O–H groups in total. The quantitative estimate of drug-likeness (QED) is 0.352. The smallest absolute Gasteiger partial charge is 0.299 e. The molecule has 9 heteroatoms. The van der Waals surface area contributed by atoms with E-state index in [-0.39, 0.29) is 23.3 Å². The molecule has 172 valence electrons. The fraction of sp³-hybridized carbons (Fsp3) is 0.348. The van der Waals surface area contributed by atoms with Crippen LogP contribution in [0.4, 0.5) is 10.1 Å². The average Bonchev–Trinajstić information content (AvgIpc) is 3.19. The minimum Gasteiger partial charge on any atom is -0.441 e. The highest BCUT2D eigenvalue weighted by Gasteiger charge is 2.28. The van der Waals surface area contributed by atoms with Crippen LogP contribution in [0.2, 0.25) is 0 Å². The number of halogens is 1. The van der Waals surface area contributed by atoms with E-state index in [4.69, 9.17) is 14.3 Å². The fourth-order valence-corrected chi connectivity index (χ4v) is 4.28. The Hall–Kier alpha value is -2.75. The molecule has 0 aliphatic carbocycles. The number of oxazole rings is 1. The second-order valence-corrected chi connectivity index (χ2v) is 9.15. The molecule has 0 aliphatic rings. The lowest BCUT2D eigenvalue weighted by Gasteiger charge is -2.30. The third kappa shape index (κ3) is 5.35. The van der Waals surface area contributed by atoms with E-state index in [0.717, 1.165) is 24.8 Å². The summed E-state index contributed by atoms with van der Waals surface area (Å²) >= 11 is 0. The van der Waals surface area contributed by atoms with Gasteiger partial charge in [-0.3, -0.25) is 0 Å². The van der Waals surface area contributed by atoms with E-state index in [1.807, 2.05) is 6.92 Å². The number of fused-ring (bicyclic) bond motifs is 1. The highest BCUT2D eigenvalue weighted by atomic mass is 32.2. The molecule has 3 aromatic rings. The first-order valence-electron chi connectivity index (χ1n) is 10.4. The van der Waals surface area contributed by atoms with E-state index in [9.17, 15) is 12.8 Å². The third-order valence-corrected chi connectivity index (χ3v) is 6.43. The summed E-state index contributed by atoms with van der Waals surface area (Å²) in [6.45, 7) is 3.72. The summed E-state index contributed by atoms with van der Waals surface area (Å²) in [6.07, 6.45) is 1.73. The maximum Gasteiger partial charge on any atom is 0.299 e. The van der Waals surface area contributed by atoms with E-state index in [1.165, 1.54) is 17.0 Å². The average molecular weight is 462 g/mol. The zero-order chi connectivity index (χ0) is 23.3. The third-order valence-electron chi connectivity index (χ3n) is 5.14. The van der Waals surface area contributed by atoms with Crippen LogP contribution in [0.3, 0.4) is 0 Å². The zero-order valence-corrected chi connectivity index (χ0v) is 19.2. The minimum absolute atomic E-state index is 0.0236. The number of aryl methyl sites for hydroxylation is 2. The molecule has 2 aromatic carbocycles. The molecule has 0 bridgehead atoms. The molecule has 0 aliphatic heterocycles. The van der Waals surface area contributed by atoms with Gasteiger partial charge in [0.15, 0.2) is 17.7 Å². The van der Waals surface area contributed by atoms with Crippen LogP contribution in [-0.4, -0.2) is 33.2 Å². The van der Waals surface area contributed by atoms with Gasteiger partial charge >= 0.3 is 0 Å². The first kappa shape index (κ1) is 23.9. The molecule has 3 rings (SSSR count). The number of likely N-dealkylation sites (N-methyl/N-ethyl adjacent to an activating group) is 1. The summed E-state index contributed by atoms with van der Waals surface area (Å²) in [5.41, 5.74) is 8.37. The predicted octanol–water partition coefficient (Wildman–Crippen LogP) is 4.46. The maximum atomic E-state index is 13.6. The van der Waals surface area contributed by atoms with Crippen LogP contribution >= 0.6 is 0 Å². The molecule has 0 spiro atoms. The van der Waals surface area contributed by atoms with Crippen LogP contribution in [0.1, 0.15) is 31.2 Å². The van der Waals surface area contributed by atoms with Gasteiger partial charge in [0.1, 0.15) is 5.52 Å². The van der Waals surface area contributed by atoms with Gasteiger partial charge in [-0.25, -0.2) is 13.6 Å². The highest BCUT2D eigenvalue weighted by Crippen LogP contribution is 2.28. The summed E-state index contributed by atoms with van der Waals surface area (Å²) in [7, 11) is -2.58. The van der Waals surface area contributed by atoms with Crippen LogP contribution < -0.4 is 10.6 Å². The molecular weight excluding hydrogens is 433 g/mol. The number of rotatable bonds is 10. The van der Waals surface area contributed by atoms with Gasteiger partial charge in [0.2, 0.25) is 0 Å². The first-order valence-corrected chi connectivity index (χ1v) is 11.8. The van der Waals surface area contributed by atoms with Gasteiger partial charge in [0, 0.05) is 37.3 Å². The van der Waals surface area contributed by atoms with Gasteiger partial charge in [-0.05, 0) is 37.6 Å². The summed E-state index contributed by atoms with van der Waals surface area (Å²) in [4.78, 5) is 5.94. The number of anilines is 1. The van der Waals surface area contributed by atoms with Crippen LogP contribution in [-0.2, 0) is 20.7 Å². The fourth-order valence-electron chi connectivity index (χ4n) is 3.21. The van der Waals surface area contributed by atoms with Gasteiger partial charge < -0.3 is 15.1 Å². The van der Waals surface area contributed by atoms with Gasteiger partial charge in [0.05, 0.1) is 11.2 Å². The Morgan fingerprint density at radius 2 is 2.00 bits per heavy atom. The molecule has 1 atom stereocenters. The van der Waals surface area contributed by atoms with E-state index >= 15 is 0 Å². The van der Waals surface area contributed by atoms with Crippen LogP contribution in [0.25, 0.3) is 11.1 Å². The summed E-state index contributed by atoms with van der Waals surface area (Å²) < 4.78 is 50.6. The second-order valence-electron chi connectivity index (χ2n) is 7.58. The number of nitrogens with two attached hydrogens (primary N) is 1. The lowest BCUT2D eigenvalue weighted by molar-refractivity contribution is 0.239. The van der Waals surface area contributed by atoms with Crippen LogP contribution in [0.5, 0.6) is 0 Å². The number of hydrogen-bond donors (Lipinski definition) is 1. The van der Waals surface area contributed by atoms with E-state index < -0.39 is 16.3 Å². The SMILES string of the molecule is CCCCc1nc2ccc(N(C)C(OS(=O)(=O)c3ccc(C)cc3)/C(=C/F)CN)cc2o1. The Kier molecular flexibility index (Phi) is 7.65. The summed E-state index contributed by atoms with van der Waals surface area (Å²) in [5, 5.41) is 0. The molecule has 0 saturated heterocycles. The molecule has 0 radical (unpaired) electrons. The topological polar surface area (TPSA) is 98.7 Å². The monoisotopic (exact) mass is 461 g/mol. The molecular formula is C23H28FN3O4S. The molecule has 0 amide bonds. The van der Waals surface area contributed by atoms with Crippen molar-refractivity contribution in [1.29, 1.82) is 0 Å². The first-order chi connectivity index (χ1) is 15.3. The van der Waals surface area contributed by atoms with Crippen LogP contribution in [0.15, 0.2) is 63.7 Å². The lowest BCUT2D eigenvalue weighted by atomic mass is 10.2. The normalized spacial score (nSPS) is 13.5. The van der Waals surface area contributed by atoms with Crippen molar-refractivity contribution in [2.75, 3.05) is 18.5 Å². The molecule has 0 saturated carbocycles. The Bertz CT molecular complexity index is 1190. The Morgan fingerprint density at radius 1 is 1.28 bits per heavy atom. The maximum absolute atomic E-state index is 13.6. The summed E-state index contributed by atoms with van der Waals surface area (Å²) in [5.74, 6) is 0.641. The Morgan fingerprint density at radius 3 is 2.62 bits per heavy atom. The minimum atomic E-state index is -4.18. The van der Waals surface area contributed by atoms with Crippen molar-refractivity contribution in [2.24, 2.45) is 5.73 Å². The highest BCUT2D eigenvalue weighted by molar-refractivity contribution is 7.86. The molecule has 32 heavy (non-hydrogen) atoms. The molecule has 0 fully saturated rings. The Labute approximate surface area is 187 Å². The van der Waals surface area contributed by atoms with Crippen molar-refractivity contribution < 1.29 is 21.4 Å². The second kappa shape index (κ2) is 10.2. The van der Waals surface area contributed by atoms with Crippen molar-refractivity contribution >= 4 is 26.9 Å². The largest absolute Gasteiger partial charge is 0.441 e. The standard InChI is InChI=1S/C23H28FN3O4S/c1-4-5-6-22-26-20-12-9-18(13-21(20)30-22)27(3)23(17(14-24)15-25)31-32(28,29)19-10-7-16(2)8-11-19/h7-14,23H,4-6,15,25H2,1-3H3/b17-14+. The van der Waals surface area contributed by atoms with Crippen molar-refractivity contribution in [2.45, 2.75) is 44.2 Å². The Balaban J connectivity index is 1.93. The van der Waals surface area contributed by atoms with E-state index in [0.29, 0.717) is 22.7 Å². The van der Waals surface area contributed by atoms with E-state index in [2.05, 4.69) is 11.9 Å². The number of benzene rings is 2. The number of nitrogens with zero attached hydrogens (tertiary/aromatic N) is 2. The number of hydrogen-bond acceptors (Lipinski definition) is 7. The van der Waals surface area contributed by atoms with Gasteiger partial charge in [0.25, 0.3) is 10.1 Å². The molecule has 7 nitrogen and oxygen atoms in total. The lowest BCUT2D eigenvalue weighted by Crippen LogP contribution is -2.39. The summed E-state index contributed by atoms with van der Waals surface area (Å²) in [6, 6.07) is 11.5. The van der Waals surface area contributed by atoms with Crippen molar-refractivity contribution in [3.63, 3.8) is 0 Å². The van der Waals surface area contributed by atoms with Crippen LogP contribution in [0, 0.1) is 6.92 Å². The van der Waals surface area contributed by atoms with Gasteiger partial charge in [-0.1, -0.05) is 31.0 Å². The number of aromatic nitrogens is 1. The van der Waals surface area contributed by atoms with Crippen molar-refractivity contribution in [3.8, 4) is 0 Å². The number of unbranched alkanes of at least 4 members (excludes halogenated alkanes) is 1. The van der Waals surface area contributed by atoms with Crippen molar-refractivity contribution in [1.82, 2.24) is 4.98 Å².